The molecule has 2 aromatic rings. The minimum Gasteiger partial charge on any atom is -0.493 e. The van der Waals surface area contributed by atoms with Crippen LogP contribution in [0.3, 0.4) is 0 Å². The molecular weight excluding hydrogens is 424 g/mol. The van der Waals surface area contributed by atoms with Gasteiger partial charge in [0.05, 0.1) is 6.61 Å². The lowest BCUT2D eigenvalue weighted by molar-refractivity contribution is -0.136. The van der Waals surface area contributed by atoms with Crippen molar-refractivity contribution < 1.29 is 14.3 Å². The average Bonchev–Trinajstić information content (AvgIpc) is 2.84. The molecule has 0 aromatic heterocycles. The zero-order chi connectivity index (χ0) is 22.4. The summed E-state index contributed by atoms with van der Waals surface area (Å²) < 4.78 is 6.16. The largest absolute Gasteiger partial charge is 0.493 e. The van der Waals surface area contributed by atoms with Crippen molar-refractivity contribution in [3.05, 3.63) is 65.2 Å². The summed E-state index contributed by atoms with van der Waals surface area (Å²) in [4.78, 5) is 30.3. The smallest absolute Gasteiger partial charge is 0.253 e. The number of benzene rings is 2. The van der Waals surface area contributed by atoms with Gasteiger partial charge in [-0.15, -0.1) is 0 Å². The standard InChI is InChI=1S/C26H31ClN2O3/c27-22-10-7-9-21(17-22)25(31)29-16-8-13-26(19-29,20-32-23-11-3-1-4-12-23)18-24(30)28-14-5-2-6-15-28/h1,3-4,7,9-12,17H,2,5-6,8,13-16,18-20H2/t26-/m1/s1. The fourth-order valence-electron chi connectivity index (χ4n) is 4.83. The molecule has 170 valence electrons. The van der Waals surface area contributed by atoms with Gasteiger partial charge in [0.2, 0.25) is 5.91 Å². The molecule has 4 rings (SSSR count). The minimum absolute atomic E-state index is 0.0401. The Balaban J connectivity index is 1.52. The molecule has 0 N–H and O–H groups in total. The van der Waals surface area contributed by atoms with Gasteiger partial charge >= 0.3 is 0 Å². The average molecular weight is 455 g/mol. The Bertz CT molecular complexity index is 930. The van der Waals surface area contributed by atoms with Crippen LogP contribution in [0.2, 0.25) is 5.02 Å². The third-order valence-corrected chi connectivity index (χ3v) is 6.78. The van der Waals surface area contributed by atoms with Gasteiger partial charge in [-0.3, -0.25) is 9.59 Å². The van der Waals surface area contributed by atoms with E-state index in [-0.39, 0.29) is 11.8 Å². The van der Waals surface area contributed by atoms with Crippen LogP contribution in [-0.4, -0.2) is 54.4 Å². The number of nitrogens with zero attached hydrogens (tertiary/aromatic N) is 2. The Kier molecular flexibility index (Phi) is 7.36. The maximum absolute atomic E-state index is 13.2. The van der Waals surface area contributed by atoms with Gasteiger partial charge in [0, 0.05) is 48.6 Å². The molecule has 0 bridgehead atoms. The summed E-state index contributed by atoms with van der Waals surface area (Å²) in [7, 11) is 0. The van der Waals surface area contributed by atoms with Crippen LogP contribution in [0.15, 0.2) is 54.6 Å². The maximum atomic E-state index is 13.2. The second-order valence-corrected chi connectivity index (χ2v) is 9.50. The Morgan fingerprint density at radius 2 is 1.66 bits per heavy atom. The van der Waals surface area contributed by atoms with E-state index in [1.165, 1.54) is 6.42 Å². The second-order valence-electron chi connectivity index (χ2n) is 9.06. The third kappa shape index (κ3) is 5.63. The van der Waals surface area contributed by atoms with Gasteiger partial charge < -0.3 is 14.5 Å². The van der Waals surface area contributed by atoms with Crippen molar-refractivity contribution in [2.75, 3.05) is 32.8 Å². The van der Waals surface area contributed by atoms with E-state index in [0.29, 0.717) is 36.7 Å². The van der Waals surface area contributed by atoms with Gasteiger partial charge in [0.25, 0.3) is 5.91 Å². The SMILES string of the molecule is O=C(C[C@]1(COc2ccccc2)CCCN(C(=O)c2cccc(Cl)c2)C1)N1CCCCC1. The van der Waals surface area contributed by atoms with Crippen molar-refractivity contribution in [2.24, 2.45) is 5.41 Å². The van der Waals surface area contributed by atoms with Gasteiger partial charge in [0.15, 0.2) is 0 Å². The first-order valence-corrected chi connectivity index (χ1v) is 11.9. The predicted octanol–water partition coefficient (Wildman–Crippen LogP) is 5.04. The van der Waals surface area contributed by atoms with Crippen LogP contribution in [0.1, 0.15) is 48.9 Å². The third-order valence-electron chi connectivity index (χ3n) is 6.54. The number of para-hydroxylation sites is 1. The van der Waals surface area contributed by atoms with Gasteiger partial charge in [-0.05, 0) is 62.4 Å². The molecule has 5 nitrogen and oxygen atoms in total. The summed E-state index contributed by atoms with van der Waals surface area (Å²) in [6, 6.07) is 16.8. The number of halogens is 1. The molecule has 2 aromatic carbocycles. The second kappa shape index (κ2) is 10.4. The Morgan fingerprint density at radius 1 is 0.906 bits per heavy atom. The summed E-state index contributed by atoms with van der Waals surface area (Å²) in [5, 5.41) is 0.548. The fraction of sp³-hybridized carbons (Fsp3) is 0.462. The van der Waals surface area contributed by atoms with Crippen LogP contribution in [0.25, 0.3) is 0 Å². The molecule has 2 aliphatic rings. The summed E-state index contributed by atoms with van der Waals surface area (Å²) in [5.41, 5.74) is 0.177. The molecule has 0 spiro atoms. The van der Waals surface area contributed by atoms with E-state index in [4.69, 9.17) is 16.3 Å². The van der Waals surface area contributed by atoms with Gasteiger partial charge in [-0.2, -0.15) is 0 Å². The van der Waals surface area contributed by atoms with Crippen molar-refractivity contribution in [2.45, 2.75) is 38.5 Å². The van der Waals surface area contributed by atoms with Crippen molar-refractivity contribution in [3.63, 3.8) is 0 Å². The number of carbonyl (C=O) groups excluding carboxylic acids is 2. The number of amides is 2. The lowest BCUT2D eigenvalue weighted by Gasteiger charge is -2.43. The highest BCUT2D eigenvalue weighted by molar-refractivity contribution is 6.30. The first-order chi connectivity index (χ1) is 15.5. The molecule has 2 heterocycles. The first-order valence-electron chi connectivity index (χ1n) is 11.6. The van der Waals surface area contributed by atoms with E-state index in [1.54, 1.807) is 24.3 Å². The van der Waals surface area contributed by atoms with Crippen LogP contribution in [0, 0.1) is 5.41 Å². The summed E-state index contributed by atoms with van der Waals surface area (Å²) in [5.74, 6) is 0.927. The minimum atomic E-state index is -0.406. The number of ether oxygens (including phenoxy) is 1. The van der Waals surface area contributed by atoms with Crippen LogP contribution in [0.5, 0.6) is 5.75 Å². The molecule has 0 unspecified atom stereocenters. The van der Waals surface area contributed by atoms with Crippen molar-refractivity contribution >= 4 is 23.4 Å². The molecule has 6 heteroatoms. The molecule has 2 aliphatic heterocycles. The molecule has 0 radical (unpaired) electrons. The van der Waals surface area contributed by atoms with Gasteiger partial charge in [-0.1, -0.05) is 35.9 Å². The topological polar surface area (TPSA) is 49.9 Å². The van der Waals surface area contributed by atoms with Crippen LogP contribution < -0.4 is 4.74 Å². The number of likely N-dealkylation sites (tertiary alicyclic amines) is 2. The van der Waals surface area contributed by atoms with Crippen molar-refractivity contribution in [3.8, 4) is 5.75 Å². The molecule has 32 heavy (non-hydrogen) atoms. The predicted molar refractivity (Wildman–Crippen MR) is 126 cm³/mol. The highest BCUT2D eigenvalue weighted by atomic mass is 35.5. The van der Waals surface area contributed by atoms with E-state index >= 15 is 0 Å². The molecule has 0 aliphatic carbocycles. The number of carbonyl (C=O) groups is 2. The van der Waals surface area contributed by atoms with Gasteiger partial charge in [0.1, 0.15) is 5.75 Å². The molecule has 2 saturated heterocycles. The Morgan fingerprint density at radius 3 is 2.41 bits per heavy atom. The summed E-state index contributed by atoms with van der Waals surface area (Å²) >= 11 is 6.12. The van der Waals surface area contributed by atoms with E-state index in [9.17, 15) is 9.59 Å². The fourth-order valence-corrected chi connectivity index (χ4v) is 5.02. The lowest BCUT2D eigenvalue weighted by Crippen LogP contribution is -2.51. The maximum Gasteiger partial charge on any atom is 0.253 e. The summed E-state index contributed by atoms with van der Waals surface area (Å²) in [6.45, 7) is 3.26. The van der Waals surface area contributed by atoms with E-state index in [2.05, 4.69) is 0 Å². The number of rotatable bonds is 6. The lowest BCUT2D eigenvalue weighted by atomic mass is 9.77. The van der Waals surface area contributed by atoms with E-state index < -0.39 is 5.41 Å². The van der Waals surface area contributed by atoms with Gasteiger partial charge in [-0.25, -0.2) is 0 Å². The highest BCUT2D eigenvalue weighted by Crippen LogP contribution is 2.36. The van der Waals surface area contributed by atoms with Crippen molar-refractivity contribution in [1.29, 1.82) is 0 Å². The Labute approximate surface area is 195 Å². The number of hydrogen-bond acceptors (Lipinski definition) is 3. The van der Waals surface area contributed by atoms with Crippen LogP contribution in [0.4, 0.5) is 0 Å². The monoisotopic (exact) mass is 454 g/mol. The summed E-state index contributed by atoms with van der Waals surface area (Å²) in [6.07, 6.45) is 5.43. The number of hydrogen-bond donors (Lipinski definition) is 0. The van der Waals surface area contributed by atoms with Crippen LogP contribution in [-0.2, 0) is 4.79 Å². The van der Waals surface area contributed by atoms with Crippen LogP contribution >= 0.6 is 11.6 Å². The zero-order valence-electron chi connectivity index (χ0n) is 18.5. The molecule has 1 atom stereocenters. The van der Waals surface area contributed by atoms with E-state index in [0.717, 1.165) is 44.5 Å². The molecular formula is C26H31ClN2O3. The van der Waals surface area contributed by atoms with Crippen molar-refractivity contribution in [1.82, 2.24) is 9.80 Å². The van der Waals surface area contributed by atoms with E-state index in [1.807, 2.05) is 40.1 Å². The molecule has 2 amide bonds. The normalized spacial score (nSPS) is 21.3. The highest BCUT2D eigenvalue weighted by Gasteiger charge is 2.41. The number of piperidine rings is 2. The molecule has 2 fully saturated rings. The Hall–Kier alpha value is -2.53. The quantitative estimate of drug-likeness (QED) is 0.614. The first kappa shape index (κ1) is 22.7. The molecule has 0 saturated carbocycles. The zero-order valence-corrected chi connectivity index (χ0v) is 19.2.